The Kier molecular flexibility index (Phi) is 3.36. The zero-order valence-corrected chi connectivity index (χ0v) is 12.3. The quantitative estimate of drug-likeness (QED) is 0.584. The topological polar surface area (TPSA) is 35.4 Å². The van der Waals surface area contributed by atoms with Crippen LogP contribution in [0.2, 0.25) is 0 Å². The fraction of sp³-hybridized carbons (Fsp3) is 0.118. The van der Waals surface area contributed by atoms with Gasteiger partial charge in [-0.3, -0.25) is 0 Å². The molecule has 1 unspecified atom stereocenters. The third kappa shape index (κ3) is 2.14. The van der Waals surface area contributed by atoms with E-state index in [1.165, 1.54) is 0 Å². The molecule has 2 nitrogen and oxygen atoms in total. The molecule has 1 aliphatic rings. The summed E-state index contributed by atoms with van der Waals surface area (Å²) >= 11 is 0. The Labute approximate surface area is 121 Å². The molecule has 0 saturated carbocycles. The van der Waals surface area contributed by atoms with E-state index in [-0.39, 0.29) is 16.7 Å². The molecule has 1 aliphatic heterocycles. The van der Waals surface area contributed by atoms with E-state index in [0.717, 1.165) is 26.8 Å². The summed E-state index contributed by atoms with van der Waals surface area (Å²) < 4.78 is 0. The minimum absolute atomic E-state index is 0.0900. The predicted molar refractivity (Wildman–Crippen MR) is 84.1 cm³/mol. The highest BCUT2D eigenvalue weighted by molar-refractivity contribution is 8.01. The van der Waals surface area contributed by atoms with Crippen LogP contribution in [0.4, 0.5) is 5.69 Å². The van der Waals surface area contributed by atoms with Crippen LogP contribution in [0.25, 0.3) is 5.76 Å². The maximum Gasteiger partial charge on any atom is 0.185 e. The van der Waals surface area contributed by atoms with Gasteiger partial charge in [-0.15, -0.1) is 0 Å². The fourth-order valence-electron chi connectivity index (χ4n) is 2.40. The molecule has 1 heterocycles. The first kappa shape index (κ1) is 13.0. The summed E-state index contributed by atoms with van der Waals surface area (Å²) in [5, 5.41) is 12.7. The summed E-state index contributed by atoms with van der Waals surface area (Å²) in [5.41, 5.74) is 2.56. The largest absolute Gasteiger partial charge is 0.869 e. The highest BCUT2D eigenvalue weighted by atomic mass is 32.2. The lowest BCUT2D eigenvalue weighted by molar-refractivity contribution is -0.243. The molecule has 20 heavy (non-hydrogen) atoms. The molecule has 1 atom stereocenters. The number of hydrogen-bond acceptors (Lipinski definition) is 2. The standard InChI is InChI=1S/C17H15NOS/c1-12-17(16(19)13-8-4-3-5-9-13)20(2)15-11-7-6-10-14(15)18-12/h3-11H,1-2H3. The third-order valence-corrected chi connectivity index (χ3v) is 5.46. The van der Waals surface area contributed by atoms with Gasteiger partial charge in [-0.25, -0.2) is 4.99 Å². The molecule has 0 N–H and O–H groups in total. The van der Waals surface area contributed by atoms with E-state index >= 15 is 0 Å². The van der Waals surface area contributed by atoms with Gasteiger partial charge in [0.15, 0.2) is 9.80 Å². The van der Waals surface area contributed by atoms with Gasteiger partial charge in [0.1, 0.15) is 11.9 Å². The maximum absolute atomic E-state index is 12.7. The van der Waals surface area contributed by atoms with E-state index in [0.29, 0.717) is 0 Å². The molecule has 3 rings (SSSR count). The zero-order chi connectivity index (χ0) is 14.1. The second-order valence-electron chi connectivity index (χ2n) is 4.70. The second kappa shape index (κ2) is 5.17. The van der Waals surface area contributed by atoms with Crippen molar-refractivity contribution in [3.8, 4) is 0 Å². The molecule has 0 spiro atoms. The predicted octanol–water partition coefficient (Wildman–Crippen LogP) is 3.13. The first-order valence-corrected chi connectivity index (χ1v) is 8.09. The Hall–Kier alpha value is -2.00. The van der Waals surface area contributed by atoms with Crippen LogP contribution in [-0.4, -0.2) is 12.0 Å². The van der Waals surface area contributed by atoms with Gasteiger partial charge in [0.2, 0.25) is 0 Å². The minimum Gasteiger partial charge on any atom is -0.869 e. The van der Waals surface area contributed by atoms with E-state index in [2.05, 4.69) is 17.3 Å². The van der Waals surface area contributed by atoms with Crippen LogP contribution in [0.15, 0.2) is 69.4 Å². The summed E-state index contributed by atoms with van der Waals surface area (Å²) in [6, 6.07) is 17.5. The average molecular weight is 281 g/mol. The number of fused-ring (bicyclic) bond motifs is 1. The molecule has 0 aromatic heterocycles. The minimum atomic E-state index is -0.227. The SMILES string of the molecule is CC1=Nc2ccccc2[S+](C)/C1=C(\[O-])c1ccccc1. The molecular formula is C17H15NOS. The summed E-state index contributed by atoms with van der Waals surface area (Å²) in [4.78, 5) is 6.57. The first-order chi connectivity index (χ1) is 9.68. The van der Waals surface area contributed by atoms with E-state index < -0.39 is 0 Å². The Bertz CT molecular complexity index is 704. The molecule has 0 fully saturated rings. The van der Waals surface area contributed by atoms with Gasteiger partial charge in [0.25, 0.3) is 0 Å². The summed E-state index contributed by atoms with van der Waals surface area (Å²) in [5.74, 6) is 0.0900. The van der Waals surface area contributed by atoms with Crippen LogP contribution in [0.3, 0.4) is 0 Å². The fourth-order valence-corrected chi connectivity index (χ4v) is 4.21. The van der Waals surface area contributed by atoms with E-state index in [1.54, 1.807) is 0 Å². The van der Waals surface area contributed by atoms with Crippen LogP contribution in [0.5, 0.6) is 0 Å². The van der Waals surface area contributed by atoms with Crippen LogP contribution in [0, 0.1) is 0 Å². The zero-order valence-electron chi connectivity index (χ0n) is 11.5. The summed E-state index contributed by atoms with van der Waals surface area (Å²) in [6.45, 7) is 1.93. The molecular weight excluding hydrogens is 266 g/mol. The lowest BCUT2D eigenvalue weighted by atomic mass is 10.1. The lowest BCUT2D eigenvalue weighted by Gasteiger charge is -2.21. The third-order valence-electron chi connectivity index (χ3n) is 3.36. The molecule has 0 saturated heterocycles. The smallest absolute Gasteiger partial charge is 0.185 e. The Morgan fingerprint density at radius 1 is 1.00 bits per heavy atom. The van der Waals surface area contributed by atoms with E-state index in [4.69, 9.17) is 0 Å². The summed E-state index contributed by atoms with van der Waals surface area (Å²) in [6.07, 6.45) is 2.10. The van der Waals surface area contributed by atoms with Crippen molar-refractivity contribution in [1.82, 2.24) is 0 Å². The van der Waals surface area contributed by atoms with Crippen molar-refractivity contribution in [3.63, 3.8) is 0 Å². The van der Waals surface area contributed by atoms with E-state index in [1.807, 2.05) is 55.5 Å². The van der Waals surface area contributed by atoms with Crippen molar-refractivity contribution in [1.29, 1.82) is 0 Å². The van der Waals surface area contributed by atoms with Gasteiger partial charge in [-0.1, -0.05) is 42.5 Å². The monoisotopic (exact) mass is 281 g/mol. The normalized spacial score (nSPS) is 20.1. The van der Waals surface area contributed by atoms with Gasteiger partial charge in [0.05, 0.1) is 16.6 Å². The van der Waals surface area contributed by atoms with Crippen molar-refractivity contribution in [2.75, 3.05) is 6.26 Å². The van der Waals surface area contributed by atoms with Crippen LogP contribution in [0.1, 0.15) is 12.5 Å². The number of hydrogen-bond donors (Lipinski definition) is 0. The second-order valence-corrected chi connectivity index (χ2v) is 6.57. The van der Waals surface area contributed by atoms with Gasteiger partial charge in [-0.05, 0) is 30.4 Å². The molecule has 0 bridgehead atoms. The van der Waals surface area contributed by atoms with Gasteiger partial charge in [0, 0.05) is 0 Å². The first-order valence-electron chi connectivity index (χ1n) is 6.46. The number of benzene rings is 2. The highest BCUT2D eigenvalue weighted by Crippen LogP contribution is 2.36. The summed E-state index contributed by atoms with van der Waals surface area (Å²) in [7, 11) is -0.227. The molecule has 0 amide bonds. The van der Waals surface area contributed by atoms with Crippen molar-refractivity contribution < 1.29 is 5.11 Å². The highest BCUT2D eigenvalue weighted by Gasteiger charge is 2.32. The van der Waals surface area contributed by atoms with Crippen LogP contribution >= 0.6 is 0 Å². The average Bonchev–Trinajstić information content (AvgIpc) is 2.48. The molecule has 0 aliphatic carbocycles. The molecule has 2 aromatic rings. The maximum atomic E-state index is 12.7. The number of para-hydroxylation sites is 1. The van der Waals surface area contributed by atoms with Crippen molar-refractivity contribution in [2.45, 2.75) is 11.8 Å². The molecule has 3 heteroatoms. The van der Waals surface area contributed by atoms with Crippen molar-refractivity contribution in [2.24, 2.45) is 4.99 Å². The van der Waals surface area contributed by atoms with Crippen molar-refractivity contribution in [3.05, 3.63) is 65.1 Å². The van der Waals surface area contributed by atoms with Crippen LogP contribution < -0.4 is 5.11 Å². The van der Waals surface area contributed by atoms with Crippen molar-refractivity contribution >= 4 is 28.1 Å². The Balaban J connectivity index is 2.17. The van der Waals surface area contributed by atoms with Gasteiger partial charge < -0.3 is 5.11 Å². The van der Waals surface area contributed by atoms with Gasteiger partial charge >= 0.3 is 0 Å². The van der Waals surface area contributed by atoms with Crippen LogP contribution in [-0.2, 0) is 10.9 Å². The number of aliphatic imine (C=N–C) groups is 1. The lowest BCUT2D eigenvalue weighted by Crippen LogP contribution is -2.21. The number of allylic oxidation sites excluding steroid dienone is 1. The molecule has 100 valence electrons. The number of nitrogens with zero attached hydrogens (tertiary/aromatic N) is 1. The van der Waals surface area contributed by atoms with Gasteiger partial charge in [-0.2, -0.15) is 0 Å². The molecule has 2 aromatic carbocycles. The molecule has 0 radical (unpaired) electrons. The van der Waals surface area contributed by atoms with E-state index in [9.17, 15) is 5.11 Å². The Morgan fingerprint density at radius 3 is 2.40 bits per heavy atom. The Morgan fingerprint density at radius 2 is 1.65 bits per heavy atom. The number of rotatable bonds is 1.